The van der Waals surface area contributed by atoms with Gasteiger partial charge in [0.2, 0.25) is 0 Å². The minimum absolute atomic E-state index is 0. The molecule has 0 saturated heterocycles. The van der Waals surface area contributed by atoms with E-state index in [0.717, 1.165) is 38.6 Å². The lowest BCUT2D eigenvalue weighted by molar-refractivity contribution is 0.0142. The summed E-state index contributed by atoms with van der Waals surface area (Å²) in [7, 11) is 0. The van der Waals surface area contributed by atoms with Crippen LogP contribution in [-0.4, -0.2) is 52.7 Å². The van der Waals surface area contributed by atoms with Gasteiger partial charge in [0.05, 0.1) is 33.0 Å². The molecule has 0 unspecified atom stereocenters. The highest BCUT2D eigenvalue weighted by atomic mass is 16.5. The predicted octanol–water partition coefficient (Wildman–Crippen LogP) is 2.33. The van der Waals surface area contributed by atoms with E-state index in [2.05, 4.69) is 26.1 Å². The Hall–Kier alpha value is -0.160. The van der Waals surface area contributed by atoms with E-state index in [4.69, 9.17) is 14.2 Å². The van der Waals surface area contributed by atoms with Gasteiger partial charge < -0.3 is 19.5 Å². The summed E-state index contributed by atoms with van der Waals surface area (Å²) in [4.78, 5) is 0. The summed E-state index contributed by atoms with van der Waals surface area (Å²) in [5.41, 5.74) is 0. The van der Waals surface area contributed by atoms with Crippen molar-refractivity contribution < 1.29 is 15.6 Å². The van der Waals surface area contributed by atoms with Crippen LogP contribution in [0.4, 0.5) is 0 Å². The summed E-state index contributed by atoms with van der Waals surface area (Å²) >= 11 is 0. The van der Waals surface area contributed by atoms with E-state index in [1.54, 1.807) is 0 Å². The summed E-state index contributed by atoms with van der Waals surface area (Å²) < 4.78 is 16.2. The molecule has 0 saturated carbocycles. The molecule has 0 atom stereocenters. The van der Waals surface area contributed by atoms with Crippen molar-refractivity contribution in [2.75, 3.05) is 52.7 Å². The van der Waals surface area contributed by atoms with Crippen LogP contribution in [0.2, 0.25) is 0 Å². The molecule has 4 heteroatoms. The van der Waals surface area contributed by atoms with Gasteiger partial charge in [-0.25, -0.2) is 0 Å². The third-order valence-corrected chi connectivity index (χ3v) is 2.49. The SMILES string of the molecule is CCNCCOCCOCCOCCCC(C)C.[HH]. The van der Waals surface area contributed by atoms with Gasteiger partial charge in [-0.3, -0.25) is 0 Å². The third-order valence-electron chi connectivity index (χ3n) is 2.49. The average molecular weight is 263 g/mol. The summed E-state index contributed by atoms with van der Waals surface area (Å²) in [6, 6.07) is 0. The Morgan fingerprint density at radius 3 is 2.00 bits per heavy atom. The van der Waals surface area contributed by atoms with Gasteiger partial charge in [0.25, 0.3) is 0 Å². The monoisotopic (exact) mass is 263 g/mol. The Labute approximate surface area is 114 Å². The molecule has 18 heavy (non-hydrogen) atoms. The molecule has 0 bridgehead atoms. The summed E-state index contributed by atoms with van der Waals surface area (Å²) in [5.74, 6) is 0.768. The van der Waals surface area contributed by atoms with Crippen LogP contribution >= 0.6 is 0 Å². The van der Waals surface area contributed by atoms with Crippen LogP contribution in [0, 0.1) is 5.92 Å². The second-order valence-electron chi connectivity index (χ2n) is 4.73. The molecule has 0 spiro atoms. The highest BCUT2D eigenvalue weighted by Crippen LogP contribution is 2.02. The molecule has 0 radical (unpaired) electrons. The fraction of sp³-hybridized carbons (Fsp3) is 1.00. The lowest BCUT2D eigenvalue weighted by Gasteiger charge is -2.07. The van der Waals surface area contributed by atoms with E-state index in [0.29, 0.717) is 26.4 Å². The Morgan fingerprint density at radius 1 is 0.889 bits per heavy atom. The van der Waals surface area contributed by atoms with Gasteiger partial charge in [-0.05, 0) is 25.3 Å². The van der Waals surface area contributed by atoms with Crippen LogP contribution in [0.5, 0.6) is 0 Å². The molecule has 0 aromatic carbocycles. The molecule has 112 valence electrons. The van der Waals surface area contributed by atoms with E-state index in [9.17, 15) is 0 Å². The van der Waals surface area contributed by atoms with Crippen molar-refractivity contribution in [1.82, 2.24) is 5.32 Å². The number of likely N-dealkylation sites (N-methyl/N-ethyl adjacent to an activating group) is 1. The molecule has 4 nitrogen and oxygen atoms in total. The van der Waals surface area contributed by atoms with Gasteiger partial charge in [0.1, 0.15) is 0 Å². The minimum atomic E-state index is 0. The van der Waals surface area contributed by atoms with Gasteiger partial charge in [-0.2, -0.15) is 0 Å². The van der Waals surface area contributed by atoms with E-state index in [1.165, 1.54) is 6.42 Å². The molecule has 0 aromatic heterocycles. The van der Waals surface area contributed by atoms with Crippen molar-refractivity contribution >= 4 is 0 Å². The maximum atomic E-state index is 5.47. The quantitative estimate of drug-likeness (QED) is 0.488. The number of hydrogen-bond donors (Lipinski definition) is 1. The number of rotatable bonds is 14. The van der Waals surface area contributed by atoms with Crippen LogP contribution < -0.4 is 5.32 Å². The first-order chi connectivity index (χ1) is 8.77. The van der Waals surface area contributed by atoms with Gasteiger partial charge in [-0.15, -0.1) is 0 Å². The molecule has 1 N–H and O–H groups in total. The maximum absolute atomic E-state index is 5.47. The van der Waals surface area contributed by atoms with E-state index >= 15 is 0 Å². The predicted molar refractivity (Wildman–Crippen MR) is 77.2 cm³/mol. The Morgan fingerprint density at radius 2 is 1.44 bits per heavy atom. The Balaban J connectivity index is 0. The van der Waals surface area contributed by atoms with Crippen LogP contribution in [0.1, 0.15) is 35.0 Å². The van der Waals surface area contributed by atoms with Gasteiger partial charge >= 0.3 is 0 Å². The van der Waals surface area contributed by atoms with Crippen LogP contribution in [0.15, 0.2) is 0 Å². The molecule has 0 aliphatic heterocycles. The molecule has 0 heterocycles. The summed E-state index contributed by atoms with van der Waals surface area (Å²) in [6.07, 6.45) is 2.38. The minimum Gasteiger partial charge on any atom is -0.379 e. The van der Waals surface area contributed by atoms with Crippen molar-refractivity contribution in [2.24, 2.45) is 5.92 Å². The van der Waals surface area contributed by atoms with Gasteiger partial charge in [-0.1, -0.05) is 20.8 Å². The fourth-order valence-electron chi connectivity index (χ4n) is 1.46. The van der Waals surface area contributed by atoms with Crippen molar-refractivity contribution in [3.8, 4) is 0 Å². The van der Waals surface area contributed by atoms with E-state index in [1.807, 2.05) is 0 Å². The molecular weight excluding hydrogens is 230 g/mol. The van der Waals surface area contributed by atoms with Gasteiger partial charge in [0, 0.05) is 14.6 Å². The molecule has 0 rings (SSSR count). The number of hydrogen-bond acceptors (Lipinski definition) is 4. The fourth-order valence-corrected chi connectivity index (χ4v) is 1.46. The second-order valence-corrected chi connectivity index (χ2v) is 4.73. The van der Waals surface area contributed by atoms with Crippen molar-refractivity contribution in [1.29, 1.82) is 0 Å². The average Bonchev–Trinajstić information content (AvgIpc) is 2.34. The van der Waals surface area contributed by atoms with Gasteiger partial charge in [0.15, 0.2) is 0 Å². The molecular formula is C14H33NO3. The zero-order valence-corrected chi connectivity index (χ0v) is 12.4. The summed E-state index contributed by atoms with van der Waals surface area (Å²) in [6.45, 7) is 12.7. The zero-order valence-electron chi connectivity index (χ0n) is 12.4. The maximum Gasteiger partial charge on any atom is 0.0701 e. The number of ether oxygens (including phenoxy) is 3. The molecule has 0 aliphatic carbocycles. The lowest BCUT2D eigenvalue weighted by atomic mass is 10.1. The van der Waals surface area contributed by atoms with Crippen LogP contribution in [0.25, 0.3) is 0 Å². The standard InChI is InChI=1S/C14H31NO3.H2/c1-4-15-7-9-17-11-13-18-12-10-16-8-5-6-14(2)3;/h14-15H,4-13H2,1-3H3;1H. The van der Waals surface area contributed by atoms with Crippen LogP contribution in [-0.2, 0) is 14.2 Å². The highest BCUT2D eigenvalue weighted by Gasteiger charge is 1.94. The normalized spacial score (nSPS) is 11.3. The smallest absolute Gasteiger partial charge is 0.0701 e. The van der Waals surface area contributed by atoms with Crippen LogP contribution in [0.3, 0.4) is 0 Å². The lowest BCUT2D eigenvalue weighted by Crippen LogP contribution is -2.20. The highest BCUT2D eigenvalue weighted by molar-refractivity contribution is 4.44. The first kappa shape index (κ1) is 17.8. The molecule has 0 fully saturated rings. The third kappa shape index (κ3) is 15.8. The number of nitrogens with one attached hydrogen (secondary N) is 1. The molecule has 0 aromatic rings. The van der Waals surface area contributed by atoms with Crippen molar-refractivity contribution in [2.45, 2.75) is 33.6 Å². The molecule has 0 aliphatic rings. The Bertz CT molecular complexity index is 160. The Kier molecular flexibility index (Phi) is 14.8. The van der Waals surface area contributed by atoms with Crippen molar-refractivity contribution in [3.05, 3.63) is 0 Å². The van der Waals surface area contributed by atoms with E-state index < -0.39 is 0 Å². The second kappa shape index (κ2) is 14.9. The largest absolute Gasteiger partial charge is 0.379 e. The summed E-state index contributed by atoms with van der Waals surface area (Å²) in [5, 5.41) is 3.20. The zero-order chi connectivity index (χ0) is 13.5. The first-order valence-corrected chi connectivity index (χ1v) is 7.21. The topological polar surface area (TPSA) is 39.7 Å². The molecule has 0 amide bonds. The van der Waals surface area contributed by atoms with E-state index in [-0.39, 0.29) is 1.43 Å². The first-order valence-electron chi connectivity index (χ1n) is 7.21. The van der Waals surface area contributed by atoms with Crippen molar-refractivity contribution in [3.63, 3.8) is 0 Å².